The molecule has 0 aliphatic carbocycles. The molecule has 17 heavy (non-hydrogen) atoms. The fraction of sp³-hybridized carbons (Fsp3) is 0.889. The molecule has 1 rings (SSSR count). The largest absolute Gasteiger partial charge is 1.00 e. The van der Waals surface area contributed by atoms with Crippen LogP contribution < -0.4 is 51.4 Å². The first kappa shape index (κ1) is 17.9. The second kappa shape index (κ2) is 6.38. The van der Waals surface area contributed by atoms with E-state index >= 15 is 0 Å². The molecule has 1 atom stereocenters. The number of hydrogen-bond donors (Lipinski definition) is 0. The van der Waals surface area contributed by atoms with E-state index in [2.05, 4.69) is 4.74 Å². The summed E-state index contributed by atoms with van der Waals surface area (Å²) in [6, 6.07) is -1.79. The quantitative estimate of drug-likeness (QED) is 0.555. The summed E-state index contributed by atoms with van der Waals surface area (Å²) in [6.45, 7) is -0.151. The maximum Gasteiger partial charge on any atom is 1.00 e. The van der Waals surface area contributed by atoms with Gasteiger partial charge in [-0.3, -0.25) is 4.79 Å². The predicted molar refractivity (Wildman–Crippen MR) is 54.9 cm³/mol. The summed E-state index contributed by atoms with van der Waals surface area (Å²) in [7, 11) is 0. The third-order valence-electron chi connectivity index (χ3n) is 2.44. The molecule has 1 heterocycles. The van der Waals surface area contributed by atoms with Crippen LogP contribution in [0.5, 0.6) is 0 Å². The van der Waals surface area contributed by atoms with E-state index in [0.29, 0.717) is 0 Å². The smallest absolute Gasteiger partial charge is 0.447 e. The third kappa shape index (κ3) is 5.20. The maximum atomic E-state index is 12.5. The fourth-order valence-corrected chi connectivity index (χ4v) is 1.56. The predicted octanol–water partition coefficient (Wildman–Crippen LogP) is -1.35. The number of carbonyl (C=O) groups is 1. The normalized spacial score (nSPS) is 22.0. The standard InChI is InChI=1S/C9H16BF3NO2.K/c1-9(2,3)8(15)14-4-5-16-7(6-14)10(11,12)13;/h7H,4-6H2,1-3H3;/q-1;+1. The van der Waals surface area contributed by atoms with E-state index in [0.717, 1.165) is 0 Å². The SMILES string of the molecule is CC(C)(C)C(=O)N1CCOC([B-](F)(F)F)C1.[K+]. The number of halogens is 3. The van der Waals surface area contributed by atoms with Gasteiger partial charge >= 0.3 is 58.4 Å². The topological polar surface area (TPSA) is 29.5 Å². The van der Waals surface area contributed by atoms with E-state index in [1.165, 1.54) is 4.90 Å². The molecule has 0 spiro atoms. The van der Waals surface area contributed by atoms with Crippen LogP contribution in [0.15, 0.2) is 0 Å². The summed E-state index contributed by atoms with van der Waals surface area (Å²) in [5.41, 5.74) is -0.652. The van der Waals surface area contributed by atoms with Crippen molar-refractivity contribution in [1.29, 1.82) is 0 Å². The van der Waals surface area contributed by atoms with E-state index < -0.39 is 18.4 Å². The number of ether oxygens (including phenoxy) is 1. The van der Waals surface area contributed by atoms with Crippen molar-refractivity contribution in [2.75, 3.05) is 19.7 Å². The molecule has 1 amide bonds. The van der Waals surface area contributed by atoms with Gasteiger partial charge in [-0.15, -0.1) is 0 Å². The molecule has 0 N–H and O–H groups in total. The van der Waals surface area contributed by atoms with Crippen LogP contribution in [0.2, 0.25) is 0 Å². The van der Waals surface area contributed by atoms with Crippen LogP contribution in [0.3, 0.4) is 0 Å². The first-order valence-electron chi connectivity index (χ1n) is 5.23. The first-order chi connectivity index (χ1) is 7.12. The first-order valence-corrected chi connectivity index (χ1v) is 5.23. The Kier molecular flexibility index (Phi) is 6.73. The zero-order chi connectivity index (χ0) is 12.6. The minimum atomic E-state index is -5.04. The molecule has 0 bridgehead atoms. The van der Waals surface area contributed by atoms with Crippen LogP contribution in [0.4, 0.5) is 12.9 Å². The summed E-state index contributed by atoms with van der Waals surface area (Å²) in [5, 5.41) is 0. The Labute approximate surface area is 142 Å². The van der Waals surface area contributed by atoms with Crippen molar-refractivity contribution in [3.63, 3.8) is 0 Å². The van der Waals surface area contributed by atoms with E-state index in [1.54, 1.807) is 20.8 Å². The van der Waals surface area contributed by atoms with Gasteiger partial charge in [0.2, 0.25) is 5.91 Å². The second-order valence-electron chi connectivity index (χ2n) is 5.04. The molecule has 0 aromatic rings. The van der Waals surface area contributed by atoms with Gasteiger partial charge in [-0.1, -0.05) is 20.8 Å². The zero-order valence-electron chi connectivity index (χ0n) is 10.7. The van der Waals surface area contributed by atoms with Crippen molar-refractivity contribution in [1.82, 2.24) is 4.90 Å². The van der Waals surface area contributed by atoms with Crippen LogP contribution in [0.1, 0.15) is 20.8 Å². The van der Waals surface area contributed by atoms with Gasteiger partial charge in [0.15, 0.2) is 0 Å². The van der Waals surface area contributed by atoms with Gasteiger partial charge in [0.1, 0.15) is 0 Å². The summed E-state index contributed by atoms with van der Waals surface area (Å²) in [5.74, 6) is -0.263. The number of amides is 1. The average molecular weight is 277 g/mol. The molecular weight excluding hydrogens is 261 g/mol. The Morgan fingerprint density at radius 3 is 2.29 bits per heavy atom. The minimum Gasteiger partial charge on any atom is -0.447 e. The van der Waals surface area contributed by atoms with Gasteiger partial charge < -0.3 is 22.6 Å². The summed E-state index contributed by atoms with van der Waals surface area (Å²) >= 11 is 0. The van der Waals surface area contributed by atoms with Crippen LogP contribution in [0.25, 0.3) is 0 Å². The molecule has 0 radical (unpaired) electrons. The average Bonchev–Trinajstić information content (AvgIpc) is 2.14. The molecule has 8 heteroatoms. The van der Waals surface area contributed by atoms with Gasteiger partial charge in [-0.25, -0.2) is 0 Å². The van der Waals surface area contributed by atoms with Gasteiger partial charge in [0, 0.05) is 24.5 Å². The van der Waals surface area contributed by atoms with Crippen molar-refractivity contribution in [3.05, 3.63) is 0 Å². The number of morpholine rings is 1. The number of carbonyl (C=O) groups excluding carboxylic acids is 1. The molecule has 0 saturated carbocycles. The Bertz CT molecular complexity index is 280. The minimum absolute atomic E-state index is 0. The third-order valence-corrected chi connectivity index (χ3v) is 2.44. The molecule has 1 fully saturated rings. The Hall–Kier alpha value is 0.921. The molecule has 0 aromatic carbocycles. The van der Waals surface area contributed by atoms with Crippen LogP contribution in [-0.2, 0) is 9.53 Å². The zero-order valence-corrected chi connectivity index (χ0v) is 13.8. The van der Waals surface area contributed by atoms with Crippen molar-refractivity contribution in [2.45, 2.75) is 26.8 Å². The molecule has 1 aliphatic heterocycles. The van der Waals surface area contributed by atoms with Crippen molar-refractivity contribution >= 4 is 12.9 Å². The van der Waals surface area contributed by atoms with E-state index in [9.17, 15) is 17.7 Å². The Balaban J connectivity index is 0.00000256. The Morgan fingerprint density at radius 1 is 1.35 bits per heavy atom. The molecule has 1 saturated heterocycles. The molecule has 1 unspecified atom stereocenters. The number of hydrogen-bond acceptors (Lipinski definition) is 2. The molecular formula is C9H16BF3KNO2. The van der Waals surface area contributed by atoms with Crippen LogP contribution in [-0.4, -0.2) is 43.5 Å². The number of nitrogens with zero attached hydrogens (tertiary/aromatic N) is 1. The summed E-state index contributed by atoms with van der Waals surface area (Å²) < 4.78 is 42.1. The second-order valence-corrected chi connectivity index (χ2v) is 5.04. The van der Waals surface area contributed by atoms with Crippen LogP contribution >= 0.6 is 0 Å². The van der Waals surface area contributed by atoms with E-state index in [-0.39, 0.29) is 77.0 Å². The molecule has 0 aromatic heterocycles. The van der Waals surface area contributed by atoms with Crippen molar-refractivity contribution in [3.8, 4) is 0 Å². The van der Waals surface area contributed by atoms with E-state index in [4.69, 9.17) is 0 Å². The van der Waals surface area contributed by atoms with E-state index in [1.807, 2.05) is 0 Å². The monoisotopic (exact) mass is 277 g/mol. The maximum absolute atomic E-state index is 12.5. The van der Waals surface area contributed by atoms with Gasteiger partial charge in [-0.2, -0.15) is 0 Å². The molecule has 1 aliphatic rings. The van der Waals surface area contributed by atoms with Crippen molar-refractivity contribution < 1.29 is 73.9 Å². The molecule has 94 valence electrons. The van der Waals surface area contributed by atoms with Crippen LogP contribution in [0, 0.1) is 5.41 Å². The summed E-state index contributed by atoms with van der Waals surface area (Å²) in [6.07, 6.45) is 0. The van der Waals surface area contributed by atoms with Gasteiger partial charge in [0.05, 0.1) is 6.61 Å². The number of rotatable bonds is 1. The Morgan fingerprint density at radius 2 is 1.88 bits per heavy atom. The molecule has 3 nitrogen and oxygen atoms in total. The summed E-state index contributed by atoms with van der Waals surface area (Å²) in [4.78, 5) is 13.0. The fourth-order valence-electron chi connectivity index (χ4n) is 1.56. The van der Waals surface area contributed by atoms with Crippen molar-refractivity contribution in [2.24, 2.45) is 5.41 Å². The van der Waals surface area contributed by atoms with Gasteiger partial charge in [0.25, 0.3) is 0 Å². The van der Waals surface area contributed by atoms with Gasteiger partial charge in [-0.05, 0) is 0 Å².